The number of sulfone groups is 1. The molecule has 0 amide bonds. The third-order valence-corrected chi connectivity index (χ3v) is 3.49. The number of cyclic esters (lactones) is 1. The maximum atomic E-state index is 13.7. The Morgan fingerprint density at radius 3 is 2.53 bits per heavy atom. The van der Waals surface area contributed by atoms with Crippen LogP contribution in [0.5, 0.6) is 0 Å². The molecule has 1 aliphatic heterocycles. The van der Waals surface area contributed by atoms with Crippen molar-refractivity contribution in [2.45, 2.75) is 4.90 Å². The average Bonchev–Trinajstić information content (AvgIpc) is 2.63. The first-order chi connectivity index (χ1) is 7.88. The second-order valence-electron chi connectivity index (χ2n) is 3.69. The van der Waals surface area contributed by atoms with Crippen LogP contribution in [0.2, 0.25) is 0 Å². The van der Waals surface area contributed by atoms with Crippen LogP contribution in [0.3, 0.4) is 0 Å². The Labute approximate surface area is 97.6 Å². The number of hydrogen-bond donors (Lipinski definition) is 0. The average molecular weight is 256 g/mol. The number of carbonyl (C=O) groups is 1. The lowest BCUT2D eigenvalue weighted by molar-refractivity contribution is -0.134. The van der Waals surface area contributed by atoms with Crippen molar-refractivity contribution < 1.29 is 22.3 Å². The van der Waals surface area contributed by atoms with Gasteiger partial charge in [-0.25, -0.2) is 17.6 Å². The topological polar surface area (TPSA) is 60.4 Å². The van der Waals surface area contributed by atoms with Gasteiger partial charge in [-0.2, -0.15) is 0 Å². The van der Waals surface area contributed by atoms with Crippen molar-refractivity contribution in [3.63, 3.8) is 0 Å². The van der Waals surface area contributed by atoms with Crippen molar-refractivity contribution in [2.75, 3.05) is 12.9 Å². The Morgan fingerprint density at radius 2 is 2.06 bits per heavy atom. The molecule has 1 aromatic rings. The van der Waals surface area contributed by atoms with Gasteiger partial charge in [-0.1, -0.05) is 6.07 Å². The monoisotopic (exact) mass is 256 g/mol. The van der Waals surface area contributed by atoms with E-state index in [-0.39, 0.29) is 17.1 Å². The number of benzene rings is 1. The van der Waals surface area contributed by atoms with Crippen molar-refractivity contribution in [1.29, 1.82) is 0 Å². The van der Waals surface area contributed by atoms with Gasteiger partial charge in [0.05, 0.1) is 4.90 Å². The molecule has 1 aliphatic rings. The molecular weight excluding hydrogens is 247 g/mol. The first-order valence-electron chi connectivity index (χ1n) is 4.75. The second kappa shape index (κ2) is 3.96. The summed E-state index contributed by atoms with van der Waals surface area (Å²) < 4.78 is 40.8. The highest BCUT2D eigenvalue weighted by molar-refractivity contribution is 7.90. The van der Waals surface area contributed by atoms with Crippen LogP contribution in [0, 0.1) is 5.82 Å². The molecule has 0 aromatic heterocycles. The lowest BCUT2D eigenvalue weighted by Crippen LogP contribution is -2.00. The van der Waals surface area contributed by atoms with Crippen LogP contribution >= 0.6 is 0 Å². The van der Waals surface area contributed by atoms with Gasteiger partial charge in [0.2, 0.25) is 0 Å². The fraction of sp³-hybridized carbons (Fsp3) is 0.182. The highest BCUT2D eigenvalue weighted by Crippen LogP contribution is 2.24. The van der Waals surface area contributed by atoms with Gasteiger partial charge in [-0.05, 0) is 12.1 Å². The number of rotatable bonds is 2. The SMILES string of the molecule is CS(=O)(=O)c1ccc(C2=CC(=O)OC2)c(F)c1. The van der Waals surface area contributed by atoms with Crippen molar-refractivity contribution in [3.8, 4) is 0 Å². The summed E-state index contributed by atoms with van der Waals surface area (Å²) >= 11 is 0. The maximum Gasteiger partial charge on any atom is 0.331 e. The third-order valence-electron chi connectivity index (χ3n) is 2.38. The van der Waals surface area contributed by atoms with E-state index in [2.05, 4.69) is 4.74 Å². The van der Waals surface area contributed by atoms with Crippen LogP contribution < -0.4 is 0 Å². The summed E-state index contributed by atoms with van der Waals surface area (Å²) in [6.07, 6.45) is 2.20. The van der Waals surface area contributed by atoms with Crippen LogP contribution in [0.15, 0.2) is 29.2 Å². The van der Waals surface area contributed by atoms with Gasteiger partial charge in [0.1, 0.15) is 12.4 Å². The number of hydrogen-bond acceptors (Lipinski definition) is 4. The zero-order valence-corrected chi connectivity index (χ0v) is 9.75. The third kappa shape index (κ3) is 2.36. The Morgan fingerprint density at radius 1 is 1.35 bits per heavy atom. The van der Waals surface area contributed by atoms with Crippen LogP contribution in [0.4, 0.5) is 4.39 Å². The van der Waals surface area contributed by atoms with Crippen molar-refractivity contribution in [3.05, 3.63) is 35.7 Å². The molecule has 0 saturated heterocycles. The maximum absolute atomic E-state index is 13.7. The minimum Gasteiger partial charge on any atom is -0.458 e. The summed E-state index contributed by atoms with van der Waals surface area (Å²) in [5, 5.41) is 0. The molecule has 0 saturated carbocycles. The summed E-state index contributed by atoms with van der Waals surface area (Å²) in [7, 11) is -3.43. The molecule has 1 heterocycles. The Bertz CT molecular complexity index is 616. The zero-order chi connectivity index (χ0) is 12.6. The predicted octanol–water partition coefficient (Wildman–Crippen LogP) is 1.17. The molecule has 6 heteroatoms. The lowest BCUT2D eigenvalue weighted by Gasteiger charge is -2.05. The number of ether oxygens (including phenoxy) is 1. The fourth-order valence-corrected chi connectivity index (χ4v) is 2.15. The number of carbonyl (C=O) groups excluding carboxylic acids is 1. The quantitative estimate of drug-likeness (QED) is 0.745. The molecule has 0 N–H and O–H groups in total. The smallest absolute Gasteiger partial charge is 0.331 e. The molecule has 4 nitrogen and oxygen atoms in total. The molecule has 0 radical (unpaired) electrons. The molecule has 0 aliphatic carbocycles. The molecule has 1 aromatic carbocycles. The largest absolute Gasteiger partial charge is 0.458 e. The molecule has 0 spiro atoms. The predicted molar refractivity (Wildman–Crippen MR) is 58.4 cm³/mol. The van der Waals surface area contributed by atoms with E-state index < -0.39 is 21.6 Å². The Kier molecular flexibility index (Phi) is 2.74. The minimum absolute atomic E-state index is 0.00791. The summed E-state index contributed by atoms with van der Waals surface area (Å²) in [5.74, 6) is -1.20. The highest BCUT2D eigenvalue weighted by Gasteiger charge is 2.19. The Hall–Kier alpha value is -1.69. The van der Waals surface area contributed by atoms with E-state index in [0.717, 1.165) is 12.3 Å². The molecule has 0 unspecified atom stereocenters. The van der Waals surface area contributed by atoms with E-state index in [1.807, 2.05) is 0 Å². The van der Waals surface area contributed by atoms with Gasteiger partial charge in [0.15, 0.2) is 9.84 Å². The zero-order valence-electron chi connectivity index (χ0n) is 8.94. The molecule has 0 atom stereocenters. The van der Waals surface area contributed by atoms with E-state index in [1.54, 1.807) is 0 Å². The molecule has 17 heavy (non-hydrogen) atoms. The molecular formula is C11H9FO4S. The lowest BCUT2D eigenvalue weighted by atomic mass is 10.1. The Balaban J connectivity index is 2.46. The van der Waals surface area contributed by atoms with Crippen LogP contribution in [-0.2, 0) is 19.4 Å². The normalized spacial score (nSPS) is 15.6. The van der Waals surface area contributed by atoms with Gasteiger partial charge in [0, 0.05) is 23.5 Å². The molecule has 90 valence electrons. The number of esters is 1. The molecule has 2 rings (SSSR count). The minimum atomic E-state index is -3.43. The van der Waals surface area contributed by atoms with Crippen LogP contribution in [0.1, 0.15) is 5.56 Å². The van der Waals surface area contributed by atoms with Crippen LogP contribution in [0.25, 0.3) is 5.57 Å². The summed E-state index contributed by atoms with van der Waals surface area (Å²) in [5.41, 5.74) is 0.593. The molecule has 0 fully saturated rings. The first kappa shape index (κ1) is 11.8. The summed E-state index contributed by atoms with van der Waals surface area (Å²) in [6, 6.07) is 3.57. The van der Waals surface area contributed by atoms with Crippen molar-refractivity contribution in [2.24, 2.45) is 0 Å². The van der Waals surface area contributed by atoms with E-state index in [4.69, 9.17) is 0 Å². The van der Waals surface area contributed by atoms with Gasteiger partial charge in [-0.3, -0.25) is 0 Å². The van der Waals surface area contributed by atoms with Crippen molar-refractivity contribution in [1.82, 2.24) is 0 Å². The first-order valence-corrected chi connectivity index (χ1v) is 6.64. The van der Waals surface area contributed by atoms with Crippen LogP contribution in [-0.4, -0.2) is 27.2 Å². The van der Waals surface area contributed by atoms with Crippen molar-refractivity contribution >= 4 is 21.4 Å². The van der Waals surface area contributed by atoms with Gasteiger partial charge in [-0.15, -0.1) is 0 Å². The molecule has 0 bridgehead atoms. The van der Waals surface area contributed by atoms with E-state index in [0.29, 0.717) is 5.57 Å². The standard InChI is InChI=1S/C11H9FO4S/c1-17(14,15)8-2-3-9(10(12)5-8)7-4-11(13)16-6-7/h2-5H,6H2,1H3. The highest BCUT2D eigenvalue weighted by atomic mass is 32.2. The van der Waals surface area contributed by atoms with E-state index in [1.165, 1.54) is 18.2 Å². The second-order valence-corrected chi connectivity index (χ2v) is 5.71. The van der Waals surface area contributed by atoms with Gasteiger partial charge in [0.25, 0.3) is 0 Å². The van der Waals surface area contributed by atoms with E-state index in [9.17, 15) is 17.6 Å². The fourth-order valence-electron chi connectivity index (χ4n) is 1.52. The summed E-state index contributed by atoms with van der Waals surface area (Å²) in [6.45, 7) is 0.00791. The van der Waals surface area contributed by atoms with E-state index >= 15 is 0 Å². The number of halogens is 1. The summed E-state index contributed by atoms with van der Waals surface area (Å²) in [4.78, 5) is 10.8. The van der Waals surface area contributed by atoms with Gasteiger partial charge < -0.3 is 4.74 Å². The van der Waals surface area contributed by atoms with Gasteiger partial charge >= 0.3 is 5.97 Å².